The third-order valence-corrected chi connectivity index (χ3v) is 1.38. The van der Waals surface area contributed by atoms with Crippen molar-refractivity contribution in [2.45, 2.75) is 20.0 Å². The molecule has 0 radical (unpaired) electrons. The van der Waals surface area contributed by atoms with Crippen LogP contribution in [-0.4, -0.2) is 16.4 Å². The first-order chi connectivity index (χ1) is 7.88. The molecule has 1 aromatic rings. The molecule has 0 aliphatic heterocycles. The van der Waals surface area contributed by atoms with Crippen LogP contribution in [0.25, 0.3) is 6.08 Å². The first kappa shape index (κ1) is 15.5. The molecule has 0 unspecified atom stereocenters. The monoisotopic (exact) mass is 249 g/mol. The van der Waals surface area contributed by atoms with E-state index in [-0.39, 0.29) is 11.7 Å². The summed E-state index contributed by atoms with van der Waals surface area (Å²) in [5.74, 6) is -3.28. The number of hydroxylamine groups is 1. The van der Waals surface area contributed by atoms with Crippen LogP contribution < -0.4 is 5.48 Å². The zero-order chi connectivity index (χ0) is 13.4. The summed E-state index contributed by atoms with van der Waals surface area (Å²) >= 11 is 0. The molecule has 3 N–H and O–H groups in total. The Balaban J connectivity index is 0.000000557. The average Bonchev–Trinajstić information content (AvgIpc) is 2.21. The van der Waals surface area contributed by atoms with Gasteiger partial charge in [0.15, 0.2) is 11.6 Å². The minimum atomic E-state index is -1.24. The summed E-state index contributed by atoms with van der Waals surface area (Å²) in [4.78, 5) is 0. The number of aliphatic hydroxyl groups excluding tert-OH is 1. The summed E-state index contributed by atoms with van der Waals surface area (Å²) in [7, 11) is 0. The van der Waals surface area contributed by atoms with Gasteiger partial charge in [-0.2, -0.15) is 0 Å². The Hall–Kier alpha value is -1.53. The molecule has 0 heterocycles. The summed E-state index contributed by atoms with van der Waals surface area (Å²) in [6.45, 7) is 3.44. The second-order valence-corrected chi connectivity index (χ2v) is 3.34. The highest BCUT2D eigenvalue weighted by Gasteiger charge is 2.06. The molecular weight excluding hydrogens is 235 g/mol. The predicted molar refractivity (Wildman–Crippen MR) is 57.6 cm³/mol. The highest BCUT2D eigenvalue weighted by molar-refractivity contribution is 5.49. The van der Waals surface area contributed by atoms with Crippen LogP contribution in [0.2, 0.25) is 0 Å². The van der Waals surface area contributed by atoms with Crippen LogP contribution in [0.5, 0.6) is 0 Å². The standard InChI is InChI=1S/C8H6F3NO.C3H8O/c9-6-4-8(11)7(10)3-5(6)1-2-12-13;1-3(2)4/h1-4,12-13H;3-4H,1-2H3/b2-1+;. The fourth-order valence-corrected chi connectivity index (χ4v) is 0.793. The highest BCUT2D eigenvalue weighted by atomic mass is 19.2. The molecule has 17 heavy (non-hydrogen) atoms. The van der Waals surface area contributed by atoms with E-state index in [0.717, 1.165) is 12.3 Å². The predicted octanol–water partition coefficient (Wildman–Crippen LogP) is 2.44. The molecule has 0 aliphatic rings. The minimum absolute atomic E-state index is 0.152. The number of aliphatic hydroxyl groups is 1. The zero-order valence-electron chi connectivity index (χ0n) is 9.42. The van der Waals surface area contributed by atoms with Crippen molar-refractivity contribution in [1.82, 2.24) is 5.48 Å². The van der Waals surface area contributed by atoms with Crippen LogP contribution in [0.15, 0.2) is 18.3 Å². The van der Waals surface area contributed by atoms with Gasteiger partial charge in [-0.1, -0.05) is 0 Å². The SMILES string of the molecule is CC(C)O.ON/C=C/c1cc(F)c(F)cc1F. The molecule has 0 amide bonds. The lowest BCUT2D eigenvalue weighted by Gasteiger charge is -1.98. The van der Waals surface area contributed by atoms with E-state index in [1.165, 1.54) is 0 Å². The molecule has 0 saturated heterocycles. The van der Waals surface area contributed by atoms with E-state index in [1.807, 2.05) is 0 Å². The van der Waals surface area contributed by atoms with Crippen molar-refractivity contribution < 1.29 is 23.5 Å². The van der Waals surface area contributed by atoms with Crippen molar-refractivity contribution in [3.8, 4) is 0 Å². The Morgan fingerprint density at radius 3 is 2.06 bits per heavy atom. The Kier molecular flexibility index (Phi) is 7.00. The molecule has 6 heteroatoms. The Morgan fingerprint density at radius 1 is 1.12 bits per heavy atom. The normalized spacial score (nSPS) is 10.4. The van der Waals surface area contributed by atoms with Gasteiger partial charge in [0.25, 0.3) is 0 Å². The molecule has 1 aromatic carbocycles. The second kappa shape index (κ2) is 7.70. The molecule has 0 aliphatic carbocycles. The van der Waals surface area contributed by atoms with Crippen molar-refractivity contribution in [1.29, 1.82) is 0 Å². The lowest BCUT2D eigenvalue weighted by atomic mass is 10.2. The van der Waals surface area contributed by atoms with Gasteiger partial charge in [-0.25, -0.2) is 13.2 Å². The minimum Gasteiger partial charge on any atom is -0.394 e. The summed E-state index contributed by atoms with van der Waals surface area (Å²) in [5, 5.41) is 16.2. The maximum absolute atomic E-state index is 12.8. The van der Waals surface area contributed by atoms with Gasteiger partial charge in [0.05, 0.1) is 0 Å². The van der Waals surface area contributed by atoms with E-state index in [1.54, 1.807) is 19.3 Å². The van der Waals surface area contributed by atoms with Crippen LogP contribution >= 0.6 is 0 Å². The number of hydrogen-bond donors (Lipinski definition) is 3. The zero-order valence-corrected chi connectivity index (χ0v) is 9.42. The van der Waals surface area contributed by atoms with Gasteiger partial charge in [-0.15, -0.1) is 0 Å². The van der Waals surface area contributed by atoms with Gasteiger partial charge in [0.1, 0.15) is 5.82 Å². The maximum atomic E-state index is 12.8. The van der Waals surface area contributed by atoms with E-state index >= 15 is 0 Å². The number of halogens is 3. The smallest absolute Gasteiger partial charge is 0.161 e. The van der Waals surface area contributed by atoms with Crippen molar-refractivity contribution in [3.05, 3.63) is 41.3 Å². The highest BCUT2D eigenvalue weighted by Crippen LogP contribution is 2.14. The van der Waals surface area contributed by atoms with Gasteiger partial charge < -0.3 is 5.11 Å². The average molecular weight is 249 g/mol. The van der Waals surface area contributed by atoms with Crippen molar-refractivity contribution >= 4 is 6.08 Å². The lowest BCUT2D eigenvalue weighted by molar-refractivity contribution is 0.215. The van der Waals surface area contributed by atoms with Crippen LogP contribution in [0.1, 0.15) is 19.4 Å². The number of hydrogen-bond acceptors (Lipinski definition) is 3. The molecular formula is C11H14F3NO2. The number of rotatable bonds is 2. The molecule has 1 rings (SSSR count). The van der Waals surface area contributed by atoms with Gasteiger partial charge in [-0.05, 0) is 26.0 Å². The summed E-state index contributed by atoms with van der Waals surface area (Å²) in [5.41, 5.74) is 1.46. The topological polar surface area (TPSA) is 52.5 Å². The largest absolute Gasteiger partial charge is 0.394 e. The van der Waals surface area contributed by atoms with Crippen LogP contribution in [0, 0.1) is 17.5 Å². The molecule has 0 fully saturated rings. The van der Waals surface area contributed by atoms with Crippen molar-refractivity contribution in [2.24, 2.45) is 0 Å². The first-order valence-electron chi connectivity index (χ1n) is 4.77. The summed E-state index contributed by atoms with van der Waals surface area (Å²) in [6.07, 6.45) is 1.88. The number of nitrogens with one attached hydrogen (secondary N) is 1. The molecule has 0 aromatic heterocycles. The van der Waals surface area contributed by atoms with Crippen molar-refractivity contribution in [3.63, 3.8) is 0 Å². The lowest BCUT2D eigenvalue weighted by Crippen LogP contribution is -1.94. The fourth-order valence-electron chi connectivity index (χ4n) is 0.793. The Labute approximate surface area is 97.2 Å². The third-order valence-electron chi connectivity index (χ3n) is 1.38. The number of benzene rings is 1. The fraction of sp³-hybridized carbons (Fsp3) is 0.273. The first-order valence-corrected chi connectivity index (χ1v) is 4.77. The van der Waals surface area contributed by atoms with Gasteiger partial charge in [-0.3, -0.25) is 10.7 Å². The maximum Gasteiger partial charge on any atom is 0.161 e. The van der Waals surface area contributed by atoms with E-state index < -0.39 is 17.5 Å². The molecule has 96 valence electrons. The van der Waals surface area contributed by atoms with Gasteiger partial charge in [0, 0.05) is 23.9 Å². The van der Waals surface area contributed by atoms with Crippen LogP contribution in [0.3, 0.4) is 0 Å². The second-order valence-electron chi connectivity index (χ2n) is 3.34. The molecule has 0 saturated carbocycles. The van der Waals surface area contributed by atoms with Crippen LogP contribution in [0.4, 0.5) is 13.2 Å². The van der Waals surface area contributed by atoms with Gasteiger partial charge in [0.2, 0.25) is 0 Å². The summed E-state index contributed by atoms with van der Waals surface area (Å²) in [6, 6.07) is 1.13. The van der Waals surface area contributed by atoms with E-state index in [2.05, 4.69) is 0 Å². The molecule has 0 spiro atoms. The Morgan fingerprint density at radius 2 is 1.59 bits per heavy atom. The molecule has 3 nitrogen and oxygen atoms in total. The quantitative estimate of drug-likeness (QED) is 0.557. The van der Waals surface area contributed by atoms with Crippen LogP contribution in [-0.2, 0) is 0 Å². The molecule has 0 bridgehead atoms. The van der Waals surface area contributed by atoms with Crippen molar-refractivity contribution in [2.75, 3.05) is 0 Å². The Bertz CT molecular complexity index is 378. The summed E-state index contributed by atoms with van der Waals surface area (Å²) < 4.78 is 37.7. The van der Waals surface area contributed by atoms with Gasteiger partial charge >= 0.3 is 0 Å². The van der Waals surface area contributed by atoms with E-state index in [4.69, 9.17) is 10.3 Å². The van der Waals surface area contributed by atoms with E-state index in [9.17, 15) is 13.2 Å². The van der Waals surface area contributed by atoms with E-state index in [0.29, 0.717) is 12.1 Å². The third kappa shape index (κ3) is 6.60. The molecule has 0 atom stereocenters.